The molecule has 1 unspecified atom stereocenters. The van der Waals surface area contributed by atoms with Crippen molar-refractivity contribution in [2.24, 2.45) is 5.41 Å². The number of halogens is 1. The van der Waals surface area contributed by atoms with Crippen LogP contribution < -0.4 is 10.1 Å². The second-order valence-corrected chi connectivity index (χ2v) is 5.71. The van der Waals surface area contributed by atoms with Gasteiger partial charge in [0, 0.05) is 12.6 Å². The third kappa shape index (κ3) is 5.89. The molecule has 1 rings (SSSR count). The largest absolute Gasteiger partial charge is 0.491 e. The lowest BCUT2D eigenvalue weighted by atomic mass is 9.99. The van der Waals surface area contributed by atoms with Crippen molar-refractivity contribution in [3.63, 3.8) is 0 Å². The van der Waals surface area contributed by atoms with Crippen molar-refractivity contribution in [3.05, 3.63) is 24.0 Å². The topological polar surface area (TPSA) is 61.7 Å². The Morgan fingerprint density at radius 1 is 1.37 bits per heavy atom. The molecule has 0 amide bonds. The SMILES string of the molecule is CC(C)(C)COc1ccc(F)cc1NCC(O)CO. The lowest BCUT2D eigenvalue weighted by molar-refractivity contribution is 0.105. The first-order valence-corrected chi connectivity index (χ1v) is 6.27. The van der Waals surface area contributed by atoms with Crippen LogP contribution in [0.5, 0.6) is 5.75 Å². The summed E-state index contributed by atoms with van der Waals surface area (Å²) in [6.45, 7) is 6.40. The first-order chi connectivity index (χ1) is 8.81. The van der Waals surface area contributed by atoms with E-state index in [1.165, 1.54) is 12.1 Å². The zero-order chi connectivity index (χ0) is 14.5. The Bertz CT molecular complexity index is 404. The summed E-state index contributed by atoms with van der Waals surface area (Å²) in [6, 6.07) is 4.18. The van der Waals surface area contributed by atoms with Crippen molar-refractivity contribution in [1.29, 1.82) is 0 Å². The van der Waals surface area contributed by atoms with E-state index in [1.54, 1.807) is 6.07 Å². The second kappa shape index (κ2) is 6.73. The Balaban J connectivity index is 2.74. The predicted octanol–water partition coefficient (Wildman–Crippen LogP) is 2.02. The van der Waals surface area contributed by atoms with Gasteiger partial charge in [-0.25, -0.2) is 4.39 Å². The monoisotopic (exact) mass is 271 g/mol. The fourth-order valence-electron chi connectivity index (χ4n) is 1.35. The first kappa shape index (κ1) is 15.7. The molecule has 0 bridgehead atoms. The van der Waals surface area contributed by atoms with Crippen LogP contribution in [-0.2, 0) is 0 Å². The quantitative estimate of drug-likeness (QED) is 0.740. The smallest absolute Gasteiger partial charge is 0.142 e. The van der Waals surface area contributed by atoms with Crippen LogP contribution in [0, 0.1) is 11.2 Å². The molecule has 108 valence electrons. The molecule has 0 radical (unpaired) electrons. The summed E-state index contributed by atoms with van der Waals surface area (Å²) in [4.78, 5) is 0. The van der Waals surface area contributed by atoms with Crippen LogP contribution in [0.15, 0.2) is 18.2 Å². The molecule has 0 heterocycles. The molecule has 1 aromatic carbocycles. The molecule has 3 N–H and O–H groups in total. The molecular weight excluding hydrogens is 249 g/mol. The normalized spacial score (nSPS) is 13.2. The van der Waals surface area contributed by atoms with Crippen molar-refractivity contribution >= 4 is 5.69 Å². The maximum Gasteiger partial charge on any atom is 0.142 e. The molecule has 1 aromatic rings. The van der Waals surface area contributed by atoms with Crippen molar-refractivity contribution in [2.75, 3.05) is 25.1 Å². The number of aliphatic hydroxyl groups excluding tert-OH is 2. The van der Waals surface area contributed by atoms with Crippen LogP contribution in [0.2, 0.25) is 0 Å². The van der Waals surface area contributed by atoms with E-state index in [2.05, 4.69) is 5.32 Å². The Morgan fingerprint density at radius 2 is 2.05 bits per heavy atom. The number of benzene rings is 1. The highest BCUT2D eigenvalue weighted by molar-refractivity contribution is 5.56. The summed E-state index contributed by atoms with van der Waals surface area (Å²) in [5.41, 5.74) is 0.466. The van der Waals surface area contributed by atoms with Crippen LogP contribution in [-0.4, -0.2) is 36.1 Å². The van der Waals surface area contributed by atoms with E-state index in [9.17, 15) is 9.50 Å². The summed E-state index contributed by atoms with van der Waals surface area (Å²) < 4.78 is 18.9. The van der Waals surface area contributed by atoms with Gasteiger partial charge in [0.15, 0.2) is 0 Å². The Kier molecular flexibility index (Phi) is 5.57. The van der Waals surface area contributed by atoms with E-state index in [-0.39, 0.29) is 24.4 Å². The van der Waals surface area contributed by atoms with Crippen molar-refractivity contribution < 1.29 is 19.3 Å². The van der Waals surface area contributed by atoms with E-state index in [4.69, 9.17) is 9.84 Å². The third-order valence-corrected chi connectivity index (χ3v) is 2.34. The standard InChI is InChI=1S/C14H22FNO3/c1-14(2,3)9-19-13-5-4-10(15)6-12(13)16-7-11(18)8-17/h4-6,11,16-18H,7-9H2,1-3H3. The maximum absolute atomic E-state index is 13.2. The number of ether oxygens (including phenoxy) is 1. The van der Waals surface area contributed by atoms with Gasteiger partial charge in [0.1, 0.15) is 11.6 Å². The Morgan fingerprint density at radius 3 is 2.63 bits per heavy atom. The van der Waals surface area contributed by atoms with Gasteiger partial charge >= 0.3 is 0 Å². The summed E-state index contributed by atoms with van der Waals surface area (Å²) >= 11 is 0. The molecule has 0 fully saturated rings. The second-order valence-electron chi connectivity index (χ2n) is 5.71. The summed E-state index contributed by atoms with van der Waals surface area (Å²) in [5, 5.41) is 20.9. The number of rotatable bonds is 6. The molecule has 1 atom stereocenters. The van der Waals surface area contributed by atoms with E-state index < -0.39 is 6.10 Å². The highest BCUT2D eigenvalue weighted by atomic mass is 19.1. The highest BCUT2D eigenvalue weighted by Gasteiger charge is 2.13. The van der Waals surface area contributed by atoms with Crippen LogP contribution >= 0.6 is 0 Å². The molecule has 0 spiro atoms. The number of aliphatic hydroxyl groups is 2. The van der Waals surface area contributed by atoms with E-state index >= 15 is 0 Å². The van der Waals surface area contributed by atoms with Crippen LogP contribution in [0.25, 0.3) is 0 Å². The zero-order valence-electron chi connectivity index (χ0n) is 11.6. The van der Waals surface area contributed by atoms with Gasteiger partial charge in [0.2, 0.25) is 0 Å². The average molecular weight is 271 g/mol. The number of hydrogen-bond acceptors (Lipinski definition) is 4. The third-order valence-electron chi connectivity index (χ3n) is 2.34. The predicted molar refractivity (Wildman–Crippen MR) is 72.9 cm³/mol. The van der Waals surface area contributed by atoms with Gasteiger partial charge in [-0.3, -0.25) is 0 Å². The zero-order valence-corrected chi connectivity index (χ0v) is 11.6. The summed E-state index contributed by atoms with van der Waals surface area (Å²) in [5.74, 6) is 0.144. The molecule has 5 heteroatoms. The molecule has 0 aliphatic carbocycles. The maximum atomic E-state index is 13.2. The van der Waals surface area contributed by atoms with Crippen molar-refractivity contribution in [2.45, 2.75) is 26.9 Å². The van der Waals surface area contributed by atoms with Gasteiger partial charge < -0.3 is 20.3 Å². The summed E-state index contributed by atoms with van der Waals surface area (Å²) in [6.07, 6.45) is -0.890. The van der Waals surface area contributed by atoms with Crippen molar-refractivity contribution in [1.82, 2.24) is 0 Å². The van der Waals surface area contributed by atoms with Gasteiger partial charge in [-0.15, -0.1) is 0 Å². The Labute approximate surface area is 113 Å². The van der Waals surface area contributed by atoms with Crippen LogP contribution in [0.1, 0.15) is 20.8 Å². The number of anilines is 1. The minimum Gasteiger partial charge on any atom is -0.491 e. The molecule has 0 aromatic heterocycles. The van der Waals surface area contributed by atoms with E-state index in [0.29, 0.717) is 18.0 Å². The van der Waals surface area contributed by atoms with Gasteiger partial charge in [0.05, 0.1) is 25.0 Å². The lowest BCUT2D eigenvalue weighted by Gasteiger charge is -2.21. The fraction of sp³-hybridized carbons (Fsp3) is 0.571. The van der Waals surface area contributed by atoms with Gasteiger partial charge in [-0.2, -0.15) is 0 Å². The lowest BCUT2D eigenvalue weighted by Crippen LogP contribution is -2.23. The minimum absolute atomic E-state index is 0.00370. The Hall–Kier alpha value is -1.33. The highest BCUT2D eigenvalue weighted by Crippen LogP contribution is 2.27. The molecule has 0 aliphatic heterocycles. The van der Waals surface area contributed by atoms with Crippen LogP contribution in [0.3, 0.4) is 0 Å². The first-order valence-electron chi connectivity index (χ1n) is 6.27. The fourth-order valence-corrected chi connectivity index (χ4v) is 1.35. The van der Waals surface area contributed by atoms with Gasteiger partial charge in [0.25, 0.3) is 0 Å². The molecular formula is C14H22FNO3. The molecule has 4 nitrogen and oxygen atoms in total. The van der Waals surface area contributed by atoms with E-state index in [0.717, 1.165) is 0 Å². The van der Waals surface area contributed by atoms with E-state index in [1.807, 2.05) is 20.8 Å². The minimum atomic E-state index is -0.890. The van der Waals surface area contributed by atoms with Gasteiger partial charge in [-0.1, -0.05) is 20.8 Å². The molecule has 0 saturated carbocycles. The number of nitrogens with one attached hydrogen (secondary N) is 1. The molecule has 0 aliphatic rings. The number of hydrogen-bond donors (Lipinski definition) is 3. The average Bonchev–Trinajstić information content (AvgIpc) is 2.33. The van der Waals surface area contributed by atoms with Crippen LogP contribution in [0.4, 0.5) is 10.1 Å². The molecule has 19 heavy (non-hydrogen) atoms. The molecule has 0 saturated heterocycles. The summed E-state index contributed by atoms with van der Waals surface area (Å²) in [7, 11) is 0. The van der Waals surface area contributed by atoms with Crippen molar-refractivity contribution in [3.8, 4) is 5.75 Å². The van der Waals surface area contributed by atoms with Gasteiger partial charge in [-0.05, 0) is 17.5 Å².